The van der Waals surface area contributed by atoms with Crippen molar-refractivity contribution in [1.29, 1.82) is 0 Å². The first-order valence-corrected chi connectivity index (χ1v) is 14.2. The average molecular weight is 590 g/mol. The summed E-state index contributed by atoms with van der Waals surface area (Å²) in [6.07, 6.45) is 1.45. The number of alkyl halides is 3. The summed E-state index contributed by atoms with van der Waals surface area (Å²) in [5.74, 6) is -0.969. The van der Waals surface area contributed by atoms with E-state index in [0.717, 1.165) is 62.6 Å². The highest BCUT2D eigenvalue weighted by molar-refractivity contribution is 5.86. The summed E-state index contributed by atoms with van der Waals surface area (Å²) in [5, 5.41) is 20.3. The number of carboxylic acids is 1. The number of Topliss-reactive ketones (excluding diaryl/α,β-unsaturated/α-hetero) is 1. The Bertz CT molecular complexity index is 1340. The van der Waals surface area contributed by atoms with Crippen molar-refractivity contribution in [2.45, 2.75) is 70.5 Å². The zero-order valence-corrected chi connectivity index (χ0v) is 23.9. The summed E-state index contributed by atoms with van der Waals surface area (Å²) in [4.78, 5) is 40.7. The fourth-order valence-electron chi connectivity index (χ4n) is 4.75. The van der Waals surface area contributed by atoms with Gasteiger partial charge in [-0.2, -0.15) is 18.3 Å². The number of carbonyl (C=O) groups is 3. The molecule has 1 amide bonds. The Morgan fingerprint density at radius 2 is 1.74 bits per heavy atom. The predicted octanol–water partition coefficient (Wildman–Crippen LogP) is 5.69. The fourth-order valence-corrected chi connectivity index (χ4v) is 4.75. The second-order valence-electron chi connectivity index (χ2n) is 10.5. The van der Waals surface area contributed by atoms with Crippen molar-refractivity contribution in [3.8, 4) is 11.4 Å². The molecule has 1 aliphatic rings. The van der Waals surface area contributed by atoms with Gasteiger partial charge in [-0.05, 0) is 62.7 Å². The summed E-state index contributed by atoms with van der Waals surface area (Å²) in [7, 11) is 2.10. The molecular formula is C30H38F3N5O4. The zero-order chi connectivity index (χ0) is 30.7. The van der Waals surface area contributed by atoms with Crippen LogP contribution in [0.2, 0.25) is 0 Å². The molecule has 0 spiro atoms. The minimum Gasteiger partial charge on any atom is -0.475 e. The van der Waals surface area contributed by atoms with Crippen LogP contribution < -0.4 is 5.32 Å². The third-order valence-electron chi connectivity index (χ3n) is 7.33. The molecule has 0 aliphatic carbocycles. The Morgan fingerprint density at radius 3 is 2.38 bits per heavy atom. The lowest BCUT2D eigenvalue weighted by Crippen LogP contribution is -2.40. The highest BCUT2D eigenvalue weighted by atomic mass is 19.4. The van der Waals surface area contributed by atoms with E-state index in [4.69, 9.17) is 14.9 Å². The molecule has 4 rings (SSSR count). The largest absolute Gasteiger partial charge is 0.490 e. The van der Waals surface area contributed by atoms with Gasteiger partial charge in [-0.15, -0.1) is 0 Å². The van der Waals surface area contributed by atoms with Gasteiger partial charge < -0.3 is 15.3 Å². The van der Waals surface area contributed by atoms with Crippen LogP contribution in [0.1, 0.15) is 70.2 Å². The fraction of sp³-hybridized carbons (Fsp3) is 0.500. The second-order valence-corrected chi connectivity index (χ2v) is 10.5. The van der Waals surface area contributed by atoms with E-state index in [1.807, 2.05) is 25.1 Å². The predicted molar refractivity (Wildman–Crippen MR) is 153 cm³/mol. The van der Waals surface area contributed by atoms with E-state index in [1.54, 1.807) is 0 Å². The number of unbranched alkanes of at least 4 members (excludes halogenated alkanes) is 2. The number of nitrogens with one attached hydrogen (secondary N) is 2. The van der Waals surface area contributed by atoms with Gasteiger partial charge in [0, 0.05) is 24.3 Å². The van der Waals surface area contributed by atoms with Gasteiger partial charge >= 0.3 is 12.1 Å². The summed E-state index contributed by atoms with van der Waals surface area (Å²) in [6.45, 7) is 3.80. The number of hydrogen-bond donors (Lipinski definition) is 3. The molecule has 0 bridgehead atoms. The Balaban J connectivity index is 0.000000616. The van der Waals surface area contributed by atoms with Gasteiger partial charge in [0.15, 0.2) is 5.82 Å². The van der Waals surface area contributed by atoms with E-state index in [1.165, 1.54) is 5.39 Å². The summed E-state index contributed by atoms with van der Waals surface area (Å²) in [6, 6.07) is 14.2. The molecule has 12 heteroatoms. The Hall–Kier alpha value is -3.80. The number of ketones is 1. The first-order chi connectivity index (χ1) is 20.0. The van der Waals surface area contributed by atoms with Gasteiger partial charge in [-0.1, -0.05) is 56.2 Å². The Morgan fingerprint density at radius 1 is 1.07 bits per heavy atom. The number of nitrogens with zero attached hydrogens (tertiary/aromatic N) is 3. The zero-order valence-electron chi connectivity index (χ0n) is 23.9. The third-order valence-corrected chi connectivity index (χ3v) is 7.33. The lowest BCUT2D eigenvalue weighted by molar-refractivity contribution is -0.192. The number of amides is 1. The molecule has 2 aromatic carbocycles. The number of aromatic nitrogens is 3. The van der Waals surface area contributed by atoms with Crippen LogP contribution in [0, 0.1) is 5.92 Å². The first kappa shape index (κ1) is 32.7. The molecule has 2 heterocycles. The van der Waals surface area contributed by atoms with Crippen molar-refractivity contribution in [2.24, 2.45) is 5.92 Å². The maximum atomic E-state index is 13.1. The number of likely N-dealkylation sites (tertiary alicyclic amines) is 1. The Labute approximate surface area is 242 Å². The molecule has 0 radical (unpaired) electrons. The SMILES string of the molecule is CCC(=O)CCCCC[C@H](NC(=O)C1CCN(C)CC1)c1nc(-c2ccc3ccccc3c2)n[nH]1.O=C(O)C(F)(F)F. The number of carbonyl (C=O) groups excluding carboxylic acids is 2. The minimum absolute atomic E-state index is 0.0405. The van der Waals surface area contributed by atoms with Crippen molar-refractivity contribution < 1.29 is 32.7 Å². The molecule has 0 saturated carbocycles. The molecule has 1 aromatic heterocycles. The van der Waals surface area contributed by atoms with Crippen LogP contribution in [0.25, 0.3) is 22.2 Å². The quantitative estimate of drug-likeness (QED) is 0.245. The number of piperidine rings is 1. The number of rotatable bonds is 11. The highest BCUT2D eigenvalue weighted by Crippen LogP contribution is 2.25. The molecule has 1 saturated heterocycles. The van der Waals surface area contributed by atoms with Crippen LogP contribution in [0.15, 0.2) is 42.5 Å². The maximum Gasteiger partial charge on any atom is 0.490 e. The number of carboxylic acid groups (broad SMARTS) is 1. The topological polar surface area (TPSA) is 128 Å². The van der Waals surface area contributed by atoms with Gasteiger partial charge in [-0.25, -0.2) is 9.78 Å². The molecule has 1 atom stereocenters. The van der Waals surface area contributed by atoms with Crippen LogP contribution in [0.5, 0.6) is 0 Å². The van der Waals surface area contributed by atoms with Gasteiger partial charge in [0.2, 0.25) is 5.91 Å². The van der Waals surface area contributed by atoms with Crippen LogP contribution in [-0.2, 0) is 14.4 Å². The standard InChI is InChI=1S/C28H37N5O2.C2HF3O2/c1-3-24(34)11-5-4-6-12-25(29-28(35)21-15-17-33(2)18-16-21)27-30-26(31-32-27)23-14-13-20-9-7-8-10-22(20)19-23;3-2(4,5)1(6)7/h7-10,13-14,19,21,25H,3-6,11-12,15-18H2,1-2H3,(H,29,35)(H,30,31,32);(H,6,7)/t25-;/m0./s1. The van der Waals surface area contributed by atoms with E-state index in [0.29, 0.717) is 30.3 Å². The van der Waals surface area contributed by atoms with E-state index >= 15 is 0 Å². The summed E-state index contributed by atoms with van der Waals surface area (Å²) in [5.41, 5.74) is 0.949. The van der Waals surface area contributed by atoms with Gasteiger partial charge in [0.05, 0.1) is 6.04 Å². The van der Waals surface area contributed by atoms with Crippen molar-refractivity contribution in [2.75, 3.05) is 20.1 Å². The molecule has 228 valence electrons. The minimum atomic E-state index is -5.08. The van der Waals surface area contributed by atoms with Crippen molar-refractivity contribution >= 4 is 28.4 Å². The van der Waals surface area contributed by atoms with Gasteiger partial charge in [-0.3, -0.25) is 14.7 Å². The maximum absolute atomic E-state index is 13.1. The van der Waals surface area contributed by atoms with E-state index in [-0.39, 0.29) is 17.9 Å². The highest BCUT2D eigenvalue weighted by Gasteiger charge is 2.38. The van der Waals surface area contributed by atoms with Crippen LogP contribution in [0.4, 0.5) is 13.2 Å². The lowest BCUT2D eigenvalue weighted by atomic mass is 9.95. The number of halogens is 3. The molecule has 1 aliphatic heterocycles. The molecule has 3 N–H and O–H groups in total. The van der Waals surface area contributed by atoms with Crippen LogP contribution in [-0.4, -0.2) is 69.2 Å². The van der Waals surface area contributed by atoms with Crippen LogP contribution in [0.3, 0.4) is 0 Å². The second kappa shape index (κ2) is 15.4. The molecule has 1 fully saturated rings. The van der Waals surface area contributed by atoms with Crippen LogP contribution >= 0.6 is 0 Å². The lowest BCUT2D eigenvalue weighted by Gasteiger charge is -2.29. The number of aliphatic carboxylic acids is 1. The number of fused-ring (bicyclic) bond motifs is 1. The first-order valence-electron chi connectivity index (χ1n) is 14.2. The number of H-pyrrole nitrogens is 1. The van der Waals surface area contributed by atoms with E-state index in [9.17, 15) is 22.8 Å². The van der Waals surface area contributed by atoms with Gasteiger partial charge in [0.25, 0.3) is 0 Å². The molecule has 0 unspecified atom stereocenters. The number of benzene rings is 2. The summed E-state index contributed by atoms with van der Waals surface area (Å²) >= 11 is 0. The van der Waals surface area contributed by atoms with E-state index in [2.05, 4.69) is 51.7 Å². The monoisotopic (exact) mass is 589 g/mol. The number of aromatic amines is 1. The van der Waals surface area contributed by atoms with Crippen molar-refractivity contribution in [1.82, 2.24) is 25.4 Å². The molecule has 42 heavy (non-hydrogen) atoms. The Kier molecular flexibility index (Phi) is 12.0. The van der Waals surface area contributed by atoms with Gasteiger partial charge in [0.1, 0.15) is 11.6 Å². The summed E-state index contributed by atoms with van der Waals surface area (Å²) < 4.78 is 31.7. The molecule has 9 nitrogen and oxygen atoms in total. The van der Waals surface area contributed by atoms with E-state index < -0.39 is 12.1 Å². The smallest absolute Gasteiger partial charge is 0.475 e. The van der Waals surface area contributed by atoms with Crippen molar-refractivity contribution in [3.05, 3.63) is 48.3 Å². The molecular weight excluding hydrogens is 551 g/mol. The van der Waals surface area contributed by atoms with Crippen molar-refractivity contribution in [3.63, 3.8) is 0 Å². The third kappa shape index (κ3) is 9.93. The molecule has 3 aromatic rings. The normalized spacial score (nSPS) is 15.1. The average Bonchev–Trinajstić information content (AvgIpc) is 3.46. The number of hydrogen-bond acceptors (Lipinski definition) is 6.